The first-order valence-corrected chi connectivity index (χ1v) is 6.96. The van der Waals surface area contributed by atoms with Crippen LogP contribution in [-0.2, 0) is 9.59 Å². The summed E-state index contributed by atoms with van der Waals surface area (Å²) in [4.78, 5) is 22.7. The molecule has 0 radical (unpaired) electrons. The van der Waals surface area contributed by atoms with Crippen LogP contribution in [0, 0.1) is 0 Å². The Hall–Kier alpha value is -1.30. The minimum atomic E-state index is -0.175. The molecule has 0 unspecified atom stereocenters. The molecule has 0 heterocycles. The van der Waals surface area contributed by atoms with Crippen LogP contribution in [0.15, 0.2) is 18.2 Å². The summed E-state index contributed by atoms with van der Waals surface area (Å²) in [5.74, 6) is -0.261. The Morgan fingerprint density at radius 1 is 1.20 bits per heavy atom. The number of hydrogen-bond acceptors (Lipinski definition) is 2. The minimum Gasteiger partial charge on any atom is -0.354 e. The van der Waals surface area contributed by atoms with Gasteiger partial charge in [-0.3, -0.25) is 9.59 Å². The molecule has 0 fully saturated rings. The summed E-state index contributed by atoms with van der Waals surface area (Å²) >= 11 is 11.8. The second-order valence-corrected chi connectivity index (χ2v) is 5.15. The lowest BCUT2D eigenvalue weighted by Crippen LogP contribution is -2.88. The highest BCUT2D eigenvalue weighted by molar-refractivity contribution is 6.42. The van der Waals surface area contributed by atoms with Gasteiger partial charge in [-0.15, -0.1) is 0 Å². The number of halogens is 2. The van der Waals surface area contributed by atoms with E-state index in [4.69, 9.17) is 23.2 Å². The SMILES string of the molecule is CNC(=O)C[NH2+]CC(=O)N[C@H](C)c1ccc(Cl)c(Cl)c1. The Morgan fingerprint density at radius 2 is 1.85 bits per heavy atom. The topological polar surface area (TPSA) is 74.8 Å². The number of nitrogens with one attached hydrogen (secondary N) is 2. The molecule has 0 aliphatic carbocycles. The van der Waals surface area contributed by atoms with Gasteiger partial charge >= 0.3 is 0 Å². The van der Waals surface area contributed by atoms with Gasteiger partial charge in [0.15, 0.2) is 13.1 Å². The highest BCUT2D eigenvalue weighted by atomic mass is 35.5. The van der Waals surface area contributed by atoms with Crippen LogP contribution in [-0.4, -0.2) is 32.0 Å². The van der Waals surface area contributed by atoms with E-state index in [1.807, 2.05) is 13.0 Å². The van der Waals surface area contributed by atoms with E-state index in [0.29, 0.717) is 10.0 Å². The van der Waals surface area contributed by atoms with Crippen LogP contribution in [0.2, 0.25) is 10.0 Å². The molecule has 20 heavy (non-hydrogen) atoms. The standard InChI is InChI=1S/C13H17Cl2N3O2/c1-8(9-3-4-10(14)11(15)5-9)18-13(20)7-17-6-12(19)16-2/h3-5,8,17H,6-7H2,1-2H3,(H,16,19)(H,18,20)/p+1/t8-/m1/s1. The van der Waals surface area contributed by atoms with Crippen molar-refractivity contribution in [2.45, 2.75) is 13.0 Å². The second-order valence-electron chi connectivity index (χ2n) is 4.33. The summed E-state index contributed by atoms with van der Waals surface area (Å²) < 4.78 is 0. The molecule has 110 valence electrons. The number of hydrogen-bond donors (Lipinski definition) is 3. The van der Waals surface area contributed by atoms with E-state index in [-0.39, 0.29) is 30.9 Å². The number of rotatable bonds is 6. The Bertz CT molecular complexity index is 495. The van der Waals surface area contributed by atoms with E-state index in [2.05, 4.69) is 10.6 Å². The Balaban J connectivity index is 2.44. The Kier molecular flexibility index (Phi) is 6.78. The number of quaternary nitrogens is 1. The van der Waals surface area contributed by atoms with Crippen molar-refractivity contribution in [3.8, 4) is 0 Å². The fourth-order valence-electron chi connectivity index (χ4n) is 1.60. The third-order valence-corrected chi connectivity index (χ3v) is 3.50. The first-order valence-electron chi connectivity index (χ1n) is 6.20. The van der Waals surface area contributed by atoms with E-state index in [1.54, 1.807) is 24.5 Å². The summed E-state index contributed by atoms with van der Waals surface area (Å²) in [7, 11) is 1.56. The van der Waals surface area contributed by atoms with Crippen molar-refractivity contribution in [3.05, 3.63) is 33.8 Å². The largest absolute Gasteiger partial charge is 0.354 e. The van der Waals surface area contributed by atoms with E-state index in [1.165, 1.54) is 0 Å². The third-order valence-electron chi connectivity index (χ3n) is 2.76. The van der Waals surface area contributed by atoms with Crippen LogP contribution in [0.1, 0.15) is 18.5 Å². The number of amides is 2. The first-order chi connectivity index (χ1) is 9.43. The Labute approximate surface area is 128 Å². The summed E-state index contributed by atoms with van der Waals surface area (Å²) in [6.45, 7) is 2.28. The minimum absolute atomic E-state index is 0.115. The van der Waals surface area contributed by atoms with Crippen molar-refractivity contribution >= 4 is 35.0 Å². The molecule has 0 spiro atoms. The van der Waals surface area contributed by atoms with Gasteiger partial charge in [-0.05, 0) is 24.6 Å². The van der Waals surface area contributed by atoms with Crippen LogP contribution < -0.4 is 16.0 Å². The molecule has 1 rings (SSSR count). The maximum absolute atomic E-state index is 11.7. The first kappa shape index (κ1) is 16.8. The molecule has 7 heteroatoms. The van der Waals surface area contributed by atoms with Gasteiger partial charge in [0, 0.05) is 7.05 Å². The van der Waals surface area contributed by atoms with E-state index < -0.39 is 0 Å². The summed E-state index contributed by atoms with van der Waals surface area (Å²) in [6.07, 6.45) is 0. The van der Waals surface area contributed by atoms with Crippen molar-refractivity contribution < 1.29 is 14.9 Å². The van der Waals surface area contributed by atoms with Crippen LogP contribution in [0.25, 0.3) is 0 Å². The van der Waals surface area contributed by atoms with Crippen LogP contribution in [0.5, 0.6) is 0 Å². The smallest absolute Gasteiger partial charge is 0.275 e. The predicted octanol–water partition coefficient (Wildman–Crippen LogP) is 0.480. The van der Waals surface area contributed by atoms with E-state index >= 15 is 0 Å². The van der Waals surface area contributed by atoms with Gasteiger partial charge in [-0.2, -0.15) is 0 Å². The van der Waals surface area contributed by atoms with Gasteiger partial charge in [0.25, 0.3) is 11.8 Å². The summed E-state index contributed by atoms with van der Waals surface area (Å²) in [5, 5.41) is 7.89. The van der Waals surface area contributed by atoms with Gasteiger partial charge in [-0.1, -0.05) is 29.3 Å². The fraction of sp³-hybridized carbons (Fsp3) is 0.385. The molecule has 0 aliphatic rings. The molecule has 5 nitrogen and oxygen atoms in total. The molecule has 0 aromatic heterocycles. The molecule has 0 aliphatic heterocycles. The predicted molar refractivity (Wildman–Crippen MR) is 78.7 cm³/mol. The molecule has 0 saturated heterocycles. The number of carbonyl (C=O) groups excluding carboxylic acids is 2. The number of nitrogens with two attached hydrogens (primary N) is 1. The van der Waals surface area contributed by atoms with Crippen LogP contribution in [0.4, 0.5) is 0 Å². The van der Waals surface area contributed by atoms with Gasteiger partial charge in [-0.25, -0.2) is 0 Å². The molecule has 2 amide bonds. The summed E-state index contributed by atoms with van der Waals surface area (Å²) in [5.41, 5.74) is 0.874. The van der Waals surface area contributed by atoms with Gasteiger partial charge < -0.3 is 16.0 Å². The van der Waals surface area contributed by atoms with Crippen molar-refractivity contribution in [2.75, 3.05) is 20.1 Å². The van der Waals surface area contributed by atoms with Crippen molar-refractivity contribution in [2.24, 2.45) is 0 Å². The molecule has 0 bridgehead atoms. The zero-order valence-corrected chi connectivity index (χ0v) is 12.9. The van der Waals surface area contributed by atoms with E-state index in [0.717, 1.165) is 5.56 Å². The number of benzene rings is 1. The normalized spacial score (nSPS) is 11.8. The number of likely N-dealkylation sites (N-methyl/N-ethyl adjacent to an activating group) is 1. The van der Waals surface area contributed by atoms with E-state index in [9.17, 15) is 9.59 Å². The van der Waals surface area contributed by atoms with Crippen molar-refractivity contribution in [3.63, 3.8) is 0 Å². The lowest BCUT2D eigenvalue weighted by atomic mass is 10.1. The highest BCUT2D eigenvalue weighted by Crippen LogP contribution is 2.25. The summed E-state index contributed by atoms with van der Waals surface area (Å²) in [6, 6.07) is 5.06. The lowest BCUT2D eigenvalue weighted by Gasteiger charge is -2.14. The maximum atomic E-state index is 11.7. The van der Waals surface area contributed by atoms with Crippen LogP contribution >= 0.6 is 23.2 Å². The lowest BCUT2D eigenvalue weighted by molar-refractivity contribution is -0.633. The quantitative estimate of drug-likeness (QED) is 0.713. The molecule has 4 N–H and O–H groups in total. The molecule has 1 atom stereocenters. The van der Waals surface area contributed by atoms with Crippen LogP contribution in [0.3, 0.4) is 0 Å². The molecular formula is C13H18Cl2N3O2+. The Morgan fingerprint density at radius 3 is 2.45 bits per heavy atom. The zero-order valence-electron chi connectivity index (χ0n) is 11.4. The third kappa shape index (κ3) is 5.36. The van der Waals surface area contributed by atoms with Crippen molar-refractivity contribution in [1.82, 2.24) is 10.6 Å². The molecular weight excluding hydrogens is 301 g/mol. The fourth-order valence-corrected chi connectivity index (χ4v) is 1.91. The zero-order chi connectivity index (χ0) is 15.1. The van der Waals surface area contributed by atoms with Crippen molar-refractivity contribution in [1.29, 1.82) is 0 Å². The molecule has 0 saturated carbocycles. The average molecular weight is 319 g/mol. The molecule has 1 aromatic rings. The highest BCUT2D eigenvalue weighted by Gasteiger charge is 2.12. The molecule has 1 aromatic carbocycles. The monoisotopic (exact) mass is 318 g/mol. The van der Waals surface area contributed by atoms with Gasteiger partial charge in [0.05, 0.1) is 16.1 Å². The second kappa shape index (κ2) is 8.09. The maximum Gasteiger partial charge on any atom is 0.275 e. The average Bonchev–Trinajstić information content (AvgIpc) is 2.41. The van der Waals surface area contributed by atoms with Gasteiger partial charge in [0.1, 0.15) is 0 Å². The van der Waals surface area contributed by atoms with Gasteiger partial charge in [0.2, 0.25) is 0 Å². The number of carbonyl (C=O) groups is 2.